The molecule has 2 atom stereocenters. The molecule has 0 spiro atoms. The zero-order valence-electron chi connectivity index (χ0n) is 16.7. The minimum atomic E-state index is -0.178. The lowest BCUT2D eigenvalue weighted by atomic mass is 10.1. The van der Waals surface area contributed by atoms with E-state index in [2.05, 4.69) is 26.6 Å². The number of ether oxygens (including phenoxy) is 2. The summed E-state index contributed by atoms with van der Waals surface area (Å²) in [6.45, 7) is 2.31. The van der Waals surface area contributed by atoms with Crippen LogP contribution in [0.5, 0.6) is 5.75 Å². The number of nitrogens with zero attached hydrogens (tertiary/aromatic N) is 2. The summed E-state index contributed by atoms with van der Waals surface area (Å²) in [5.41, 5.74) is 2.67. The highest BCUT2D eigenvalue weighted by molar-refractivity contribution is 6.31. The standard InChI is InChI=1S/C22H25ClN4O3/c23-18-5-1-3-14-9-15(10-17(14)18)24-8-2-4-16-11-27(13-30-16)20-7-6-19-22(25-20)26-21(28)12-29-19/h1,3,5-7,15-16,24H,2,4,8-13H2,(H,25,26,28). The molecule has 7 nitrogen and oxygen atoms in total. The lowest BCUT2D eigenvalue weighted by Gasteiger charge is -2.20. The van der Waals surface area contributed by atoms with Crippen molar-refractivity contribution in [2.24, 2.45) is 0 Å². The molecule has 2 N–H and O–H groups in total. The monoisotopic (exact) mass is 428 g/mol. The van der Waals surface area contributed by atoms with E-state index in [0.717, 1.165) is 49.6 Å². The summed E-state index contributed by atoms with van der Waals surface area (Å²) in [6.07, 6.45) is 4.29. The predicted octanol–water partition coefficient (Wildman–Crippen LogP) is 2.77. The van der Waals surface area contributed by atoms with Crippen molar-refractivity contribution in [2.45, 2.75) is 37.8 Å². The maximum absolute atomic E-state index is 11.5. The van der Waals surface area contributed by atoms with E-state index in [1.165, 1.54) is 11.1 Å². The quantitative estimate of drug-likeness (QED) is 0.689. The molecule has 2 aliphatic heterocycles. The van der Waals surface area contributed by atoms with E-state index in [-0.39, 0.29) is 18.6 Å². The van der Waals surface area contributed by atoms with Gasteiger partial charge in [-0.2, -0.15) is 0 Å². The Morgan fingerprint density at radius 1 is 1.27 bits per heavy atom. The molecule has 0 saturated carbocycles. The average Bonchev–Trinajstić information content (AvgIpc) is 3.38. The number of nitrogens with one attached hydrogen (secondary N) is 2. The first-order valence-electron chi connectivity index (χ1n) is 10.5. The molecule has 2 aromatic rings. The number of aromatic nitrogens is 1. The molecule has 1 amide bonds. The van der Waals surface area contributed by atoms with Gasteiger partial charge in [-0.05, 0) is 61.6 Å². The Balaban J connectivity index is 1.07. The first-order chi connectivity index (χ1) is 14.7. The van der Waals surface area contributed by atoms with Gasteiger partial charge in [0.1, 0.15) is 12.5 Å². The molecule has 1 aliphatic carbocycles. The number of amides is 1. The third-order valence-corrected chi connectivity index (χ3v) is 6.30. The second kappa shape index (κ2) is 8.41. The molecule has 8 heteroatoms. The Labute approximate surface area is 180 Å². The molecule has 1 fully saturated rings. The third-order valence-electron chi connectivity index (χ3n) is 5.94. The van der Waals surface area contributed by atoms with Crippen molar-refractivity contribution in [3.8, 4) is 5.75 Å². The number of hydrogen-bond donors (Lipinski definition) is 2. The number of halogens is 1. The Bertz CT molecular complexity index is 954. The molecule has 5 rings (SSSR count). The van der Waals surface area contributed by atoms with E-state index in [9.17, 15) is 4.79 Å². The maximum atomic E-state index is 11.5. The minimum absolute atomic E-state index is 0.0386. The van der Waals surface area contributed by atoms with Gasteiger partial charge in [-0.3, -0.25) is 4.79 Å². The van der Waals surface area contributed by atoms with Crippen LogP contribution in [-0.4, -0.2) is 49.5 Å². The fourth-order valence-corrected chi connectivity index (χ4v) is 4.67. The Morgan fingerprint density at radius 3 is 3.10 bits per heavy atom. The first-order valence-corrected chi connectivity index (χ1v) is 10.8. The van der Waals surface area contributed by atoms with Crippen molar-refractivity contribution in [2.75, 3.05) is 36.6 Å². The third kappa shape index (κ3) is 4.10. The number of hydrogen-bond acceptors (Lipinski definition) is 6. The Kier molecular flexibility index (Phi) is 5.50. The number of pyridine rings is 1. The zero-order valence-corrected chi connectivity index (χ0v) is 17.5. The highest BCUT2D eigenvalue weighted by atomic mass is 35.5. The fraction of sp³-hybridized carbons (Fsp3) is 0.455. The van der Waals surface area contributed by atoms with Crippen molar-refractivity contribution in [1.29, 1.82) is 0 Å². The van der Waals surface area contributed by atoms with Gasteiger partial charge >= 0.3 is 0 Å². The number of carbonyl (C=O) groups is 1. The summed E-state index contributed by atoms with van der Waals surface area (Å²) in [5.74, 6) is 1.70. The second-order valence-corrected chi connectivity index (χ2v) is 8.48. The molecule has 3 aliphatic rings. The smallest absolute Gasteiger partial charge is 0.263 e. The van der Waals surface area contributed by atoms with Gasteiger partial charge in [0.05, 0.1) is 6.10 Å². The molecule has 158 valence electrons. The summed E-state index contributed by atoms with van der Waals surface area (Å²) in [4.78, 5) is 18.1. The number of carbonyl (C=O) groups excluding carboxylic acids is 1. The number of anilines is 2. The first kappa shape index (κ1) is 19.6. The van der Waals surface area contributed by atoms with E-state index in [1.54, 1.807) is 0 Å². The van der Waals surface area contributed by atoms with Crippen molar-refractivity contribution < 1.29 is 14.3 Å². The summed E-state index contributed by atoms with van der Waals surface area (Å²) < 4.78 is 11.3. The number of fused-ring (bicyclic) bond motifs is 2. The SMILES string of the molecule is O=C1COc2ccc(N3COC(CCCNC4Cc5cccc(Cl)c5C4)C3)nc2N1. The number of rotatable bonds is 6. The van der Waals surface area contributed by atoms with Crippen LogP contribution in [0, 0.1) is 0 Å². The van der Waals surface area contributed by atoms with Crippen molar-refractivity contribution >= 4 is 29.1 Å². The van der Waals surface area contributed by atoms with Crippen LogP contribution in [0.2, 0.25) is 5.02 Å². The molecule has 30 heavy (non-hydrogen) atoms. The van der Waals surface area contributed by atoms with Crippen LogP contribution in [-0.2, 0) is 22.4 Å². The zero-order chi connectivity index (χ0) is 20.5. The van der Waals surface area contributed by atoms with E-state index in [1.807, 2.05) is 24.3 Å². The van der Waals surface area contributed by atoms with Crippen LogP contribution >= 0.6 is 11.6 Å². The normalized spacial score (nSPS) is 22.4. The lowest BCUT2D eigenvalue weighted by molar-refractivity contribution is -0.118. The molecule has 0 bridgehead atoms. The van der Waals surface area contributed by atoms with E-state index < -0.39 is 0 Å². The maximum Gasteiger partial charge on any atom is 0.263 e. The van der Waals surface area contributed by atoms with E-state index >= 15 is 0 Å². The van der Waals surface area contributed by atoms with Gasteiger partial charge in [0.25, 0.3) is 5.91 Å². The van der Waals surface area contributed by atoms with Crippen molar-refractivity contribution in [3.05, 3.63) is 46.5 Å². The van der Waals surface area contributed by atoms with Gasteiger partial charge in [0.2, 0.25) is 0 Å². The van der Waals surface area contributed by atoms with Gasteiger partial charge in [0.15, 0.2) is 18.2 Å². The summed E-state index contributed by atoms with van der Waals surface area (Å²) in [5, 5.41) is 7.31. The van der Waals surface area contributed by atoms with Crippen LogP contribution < -0.4 is 20.3 Å². The summed E-state index contributed by atoms with van der Waals surface area (Å²) in [6, 6.07) is 10.4. The second-order valence-electron chi connectivity index (χ2n) is 8.07. The number of benzene rings is 1. The lowest BCUT2D eigenvalue weighted by Crippen LogP contribution is -2.31. The minimum Gasteiger partial charge on any atom is -0.480 e. The summed E-state index contributed by atoms with van der Waals surface area (Å²) >= 11 is 6.31. The predicted molar refractivity (Wildman–Crippen MR) is 115 cm³/mol. The highest BCUT2D eigenvalue weighted by Crippen LogP contribution is 2.30. The molecule has 1 aromatic heterocycles. The molecule has 1 saturated heterocycles. The van der Waals surface area contributed by atoms with Gasteiger partial charge in [-0.15, -0.1) is 0 Å². The van der Waals surface area contributed by atoms with E-state index in [4.69, 9.17) is 21.1 Å². The fourth-order valence-electron chi connectivity index (χ4n) is 4.40. The summed E-state index contributed by atoms with van der Waals surface area (Å²) in [7, 11) is 0. The van der Waals surface area contributed by atoms with Gasteiger partial charge < -0.3 is 25.0 Å². The molecule has 3 heterocycles. The van der Waals surface area contributed by atoms with Crippen molar-refractivity contribution in [1.82, 2.24) is 10.3 Å². The van der Waals surface area contributed by atoms with Gasteiger partial charge in [-0.25, -0.2) is 4.98 Å². The topological polar surface area (TPSA) is 75.7 Å². The molecular formula is C22H25ClN4O3. The largest absolute Gasteiger partial charge is 0.480 e. The van der Waals surface area contributed by atoms with Crippen LogP contribution in [0.1, 0.15) is 24.0 Å². The van der Waals surface area contributed by atoms with Crippen molar-refractivity contribution in [3.63, 3.8) is 0 Å². The molecular weight excluding hydrogens is 404 g/mol. The van der Waals surface area contributed by atoms with Crippen LogP contribution in [0.3, 0.4) is 0 Å². The molecule has 2 unspecified atom stereocenters. The Morgan fingerprint density at radius 2 is 2.20 bits per heavy atom. The van der Waals surface area contributed by atoms with Crippen LogP contribution in [0.15, 0.2) is 30.3 Å². The molecule has 1 aromatic carbocycles. The highest BCUT2D eigenvalue weighted by Gasteiger charge is 2.26. The van der Waals surface area contributed by atoms with Crippen LogP contribution in [0.25, 0.3) is 0 Å². The van der Waals surface area contributed by atoms with E-state index in [0.29, 0.717) is 24.3 Å². The molecule has 0 radical (unpaired) electrons. The van der Waals surface area contributed by atoms with Crippen LogP contribution in [0.4, 0.5) is 11.6 Å². The van der Waals surface area contributed by atoms with Gasteiger partial charge in [0, 0.05) is 17.6 Å². The average molecular weight is 429 g/mol. The van der Waals surface area contributed by atoms with Gasteiger partial charge in [-0.1, -0.05) is 23.7 Å². The Hall–Kier alpha value is -2.35.